The first-order valence-electron chi connectivity index (χ1n) is 4.29. The quantitative estimate of drug-likeness (QED) is 0.642. The Hall–Kier alpha value is -0.860. The highest BCUT2D eigenvalue weighted by atomic mass is 15.3. The Morgan fingerprint density at radius 1 is 1.64 bits per heavy atom. The largest absolute Gasteiger partial charge is 0.250 e. The first-order valence-corrected chi connectivity index (χ1v) is 4.29. The molecule has 0 aromatic carbocycles. The van der Waals surface area contributed by atoms with Crippen molar-refractivity contribution in [1.29, 1.82) is 0 Å². The van der Waals surface area contributed by atoms with Crippen LogP contribution in [-0.2, 0) is 6.54 Å². The fourth-order valence-electron chi connectivity index (χ4n) is 1.50. The molecule has 1 saturated carbocycles. The van der Waals surface area contributed by atoms with E-state index in [1.807, 2.05) is 4.68 Å². The van der Waals surface area contributed by atoms with Crippen molar-refractivity contribution in [3.8, 4) is 0 Å². The van der Waals surface area contributed by atoms with Crippen LogP contribution in [0.5, 0.6) is 0 Å². The molecule has 1 aliphatic carbocycles. The molecule has 1 aliphatic rings. The fraction of sp³-hybridized carbons (Fsp3) is 0.750. The number of hydrogen-bond donors (Lipinski definition) is 0. The molecule has 60 valence electrons. The van der Waals surface area contributed by atoms with Gasteiger partial charge in [-0.05, 0) is 19.8 Å². The molecular weight excluding hydrogens is 138 g/mol. The lowest BCUT2D eigenvalue weighted by molar-refractivity contribution is 0.382. The zero-order chi connectivity index (χ0) is 7.68. The van der Waals surface area contributed by atoms with Crippen molar-refractivity contribution in [3.05, 3.63) is 12.2 Å². The zero-order valence-corrected chi connectivity index (χ0v) is 6.82. The van der Waals surface area contributed by atoms with Crippen molar-refractivity contribution in [2.75, 3.05) is 0 Å². The fourth-order valence-corrected chi connectivity index (χ4v) is 1.50. The van der Waals surface area contributed by atoms with Gasteiger partial charge in [0.1, 0.15) is 12.2 Å². The highest BCUT2D eigenvalue weighted by molar-refractivity contribution is 4.99. The first kappa shape index (κ1) is 6.83. The van der Waals surface area contributed by atoms with Crippen LogP contribution in [0.4, 0.5) is 0 Å². The molecule has 0 radical (unpaired) electrons. The van der Waals surface area contributed by atoms with E-state index in [2.05, 4.69) is 17.0 Å². The molecule has 3 heteroatoms. The van der Waals surface area contributed by atoms with Gasteiger partial charge in [0.05, 0.1) is 0 Å². The van der Waals surface area contributed by atoms with Gasteiger partial charge in [-0.15, -0.1) is 0 Å². The Balaban J connectivity index is 2.20. The Kier molecular flexibility index (Phi) is 1.64. The number of nitrogens with zero attached hydrogens (tertiary/aromatic N) is 3. The minimum absolute atomic E-state index is 0.706. The lowest BCUT2D eigenvalue weighted by Gasteiger charge is -2.24. The highest BCUT2D eigenvalue weighted by Crippen LogP contribution is 2.34. The van der Waals surface area contributed by atoms with Gasteiger partial charge in [-0.1, -0.05) is 6.42 Å². The molecule has 0 amide bonds. The second-order valence-corrected chi connectivity index (χ2v) is 3.06. The second kappa shape index (κ2) is 2.64. The molecule has 0 aliphatic heterocycles. The summed E-state index contributed by atoms with van der Waals surface area (Å²) in [5.41, 5.74) is 0. The van der Waals surface area contributed by atoms with E-state index < -0.39 is 0 Å². The van der Waals surface area contributed by atoms with E-state index in [0.29, 0.717) is 5.92 Å². The molecule has 0 bridgehead atoms. The van der Waals surface area contributed by atoms with Crippen molar-refractivity contribution >= 4 is 0 Å². The van der Waals surface area contributed by atoms with Crippen LogP contribution in [-0.4, -0.2) is 14.8 Å². The molecule has 0 atom stereocenters. The van der Waals surface area contributed by atoms with Crippen LogP contribution in [0, 0.1) is 0 Å². The molecular formula is C8H13N3. The normalized spacial score (nSPS) is 18.3. The summed E-state index contributed by atoms with van der Waals surface area (Å²) >= 11 is 0. The predicted molar refractivity (Wildman–Crippen MR) is 42.3 cm³/mol. The molecule has 1 aromatic heterocycles. The topological polar surface area (TPSA) is 30.7 Å². The minimum atomic E-state index is 0.706. The van der Waals surface area contributed by atoms with Crippen molar-refractivity contribution in [2.24, 2.45) is 0 Å². The van der Waals surface area contributed by atoms with Crippen LogP contribution < -0.4 is 0 Å². The summed E-state index contributed by atoms with van der Waals surface area (Å²) in [5.74, 6) is 1.90. The summed E-state index contributed by atoms with van der Waals surface area (Å²) in [6.07, 6.45) is 5.63. The lowest BCUT2D eigenvalue weighted by atomic mass is 9.85. The molecule has 0 spiro atoms. The van der Waals surface area contributed by atoms with Crippen LogP contribution in [0.15, 0.2) is 6.33 Å². The van der Waals surface area contributed by atoms with Gasteiger partial charge in [0.2, 0.25) is 0 Å². The summed E-state index contributed by atoms with van der Waals surface area (Å²) in [7, 11) is 0. The predicted octanol–water partition coefficient (Wildman–Crippen LogP) is 1.57. The third kappa shape index (κ3) is 1.04. The molecule has 1 aromatic rings. The maximum atomic E-state index is 4.26. The maximum Gasteiger partial charge on any atom is 0.138 e. The average molecular weight is 151 g/mol. The van der Waals surface area contributed by atoms with E-state index in [0.717, 1.165) is 6.54 Å². The van der Waals surface area contributed by atoms with Crippen LogP contribution in [0.1, 0.15) is 37.9 Å². The van der Waals surface area contributed by atoms with E-state index in [-0.39, 0.29) is 0 Å². The minimum Gasteiger partial charge on any atom is -0.250 e. The SMILES string of the molecule is CCn1ncnc1C1CCC1. The molecule has 3 nitrogen and oxygen atoms in total. The molecule has 1 heterocycles. The summed E-state index contributed by atoms with van der Waals surface area (Å²) < 4.78 is 2.00. The van der Waals surface area contributed by atoms with Gasteiger partial charge in [-0.25, -0.2) is 4.98 Å². The number of aryl methyl sites for hydroxylation is 1. The van der Waals surface area contributed by atoms with Crippen LogP contribution in [0.2, 0.25) is 0 Å². The molecule has 0 N–H and O–H groups in total. The highest BCUT2D eigenvalue weighted by Gasteiger charge is 2.23. The van der Waals surface area contributed by atoms with Crippen LogP contribution in [0.25, 0.3) is 0 Å². The number of aromatic nitrogens is 3. The Labute approximate surface area is 66.4 Å². The van der Waals surface area contributed by atoms with Gasteiger partial charge < -0.3 is 0 Å². The number of hydrogen-bond acceptors (Lipinski definition) is 2. The smallest absolute Gasteiger partial charge is 0.138 e. The van der Waals surface area contributed by atoms with E-state index in [4.69, 9.17) is 0 Å². The average Bonchev–Trinajstić information content (AvgIpc) is 2.32. The second-order valence-electron chi connectivity index (χ2n) is 3.06. The van der Waals surface area contributed by atoms with E-state index in [1.165, 1.54) is 25.1 Å². The summed E-state index contributed by atoms with van der Waals surface area (Å²) in [5, 5.41) is 4.14. The molecule has 11 heavy (non-hydrogen) atoms. The van der Waals surface area contributed by atoms with Gasteiger partial charge in [0.15, 0.2) is 0 Å². The van der Waals surface area contributed by atoms with E-state index in [1.54, 1.807) is 6.33 Å². The van der Waals surface area contributed by atoms with Gasteiger partial charge >= 0.3 is 0 Å². The van der Waals surface area contributed by atoms with Crippen LogP contribution in [0.3, 0.4) is 0 Å². The van der Waals surface area contributed by atoms with Crippen LogP contribution >= 0.6 is 0 Å². The van der Waals surface area contributed by atoms with Crippen molar-refractivity contribution < 1.29 is 0 Å². The van der Waals surface area contributed by atoms with Gasteiger partial charge in [0, 0.05) is 12.5 Å². The van der Waals surface area contributed by atoms with Crippen molar-refractivity contribution in [1.82, 2.24) is 14.8 Å². The standard InChI is InChI=1S/C8H13N3/c1-2-11-8(9-6-10-11)7-4-3-5-7/h6-7H,2-5H2,1H3. The molecule has 0 saturated heterocycles. The van der Waals surface area contributed by atoms with Crippen molar-refractivity contribution in [3.63, 3.8) is 0 Å². The Morgan fingerprint density at radius 2 is 2.45 bits per heavy atom. The van der Waals surface area contributed by atoms with E-state index in [9.17, 15) is 0 Å². The Bertz CT molecular complexity index is 237. The lowest BCUT2D eigenvalue weighted by Crippen LogP contribution is -2.15. The van der Waals surface area contributed by atoms with Gasteiger partial charge in [0.25, 0.3) is 0 Å². The first-order chi connectivity index (χ1) is 5.42. The summed E-state index contributed by atoms with van der Waals surface area (Å²) in [4.78, 5) is 4.26. The molecule has 2 rings (SSSR count). The molecule has 1 fully saturated rings. The monoisotopic (exact) mass is 151 g/mol. The third-order valence-electron chi connectivity index (χ3n) is 2.42. The van der Waals surface area contributed by atoms with E-state index >= 15 is 0 Å². The summed E-state index contributed by atoms with van der Waals surface area (Å²) in [6.45, 7) is 3.06. The van der Waals surface area contributed by atoms with Crippen molar-refractivity contribution in [2.45, 2.75) is 38.6 Å². The van der Waals surface area contributed by atoms with Gasteiger partial charge in [-0.3, -0.25) is 4.68 Å². The van der Waals surface area contributed by atoms with Gasteiger partial charge in [-0.2, -0.15) is 5.10 Å². The zero-order valence-electron chi connectivity index (χ0n) is 6.82. The summed E-state index contributed by atoms with van der Waals surface area (Å²) in [6, 6.07) is 0. The molecule has 0 unspecified atom stereocenters. The third-order valence-corrected chi connectivity index (χ3v) is 2.42. The number of rotatable bonds is 2. The maximum absolute atomic E-state index is 4.26. The Morgan fingerprint density at radius 3 is 3.00 bits per heavy atom.